The van der Waals surface area contributed by atoms with Gasteiger partial charge >= 0.3 is 0 Å². The van der Waals surface area contributed by atoms with Crippen LogP contribution >= 0.6 is 0 Å². The first kappa shape index (κ1) is 16.9. The molecule has 3 aromatic rings. The van der Waals surface area contributed by atoms with Crippen molar-refractivity contribution < 1.29 is 13.7 Å². The molecule has 0 saturated carbocycles. The molecule has 4 rings (SSSR count). The molecule has 0 aliphatic carbocycles. The molecule has 6 nitrogen and oxygen atoms in total. The van der Waals surface area contributed by atoms with E-state index in [-0.39, 0.29) is 5.82 Å². The predicted molar refractivity (Wildman–Crippen MR) is 95.3 cm³/mol. The summed E-state index contributed by atoms with van der Waals surface area (Å²) in [4.78, 5) is 9.20. The van der Waals surface area contributed by atoms with Crippen LogP contribution in [0.15, 0.2) is 40.9 Å². The summed E-state index contributed by atoms with van der Waals surface area (Å²) < 4.78 is 23.7. The molecule has 26 heavy (non-hydrogen) atoms. The van der Waals surface area contributed by atoms with Crippen molar-refractivity contribution in [3.63, 3.8) is 0 Å². The predicted octanol–water partition coefficient (Wildman–Crippen LogP) is 2.69. The Hall–Kier alpha value is -2.51. The van der Waals surface area contributed by atoms with Crippen molar-refractivity contribution in [3.05, 3.63) is 53.6 Å². The molecule has 0 bridgehead atoms. The SMILES string of the molecule is COc1cccc(CN2CCN(Cc3noc4cc(F)ccc34)CC2)n1. The monoisotopic (exact) mass is 356 g/mol. The molecule has 2 aromatic heterocycles. The van der Waals surface area contributed by atoms with Gasteiger partial charge in [0.25, 0.3) is 0 Å². The Morgan fingerprint density at radius 3 is 2.62 bits per heavy atom. The zero-order chi connectivity index (χ0) is 17.9. The van der Waals surface area contributed by atoms with Crippen molar-refractivity contribution in [2.24, 2.45) is 0 Å². The summed E-state index contributed by atoms with van der Waals surface area (Å²) in [5.74, 6) is 0.343. The zero-order valence-corrected chi connectivity index (χ0v) is 14.7. The number of fused-ring (bicyclic) bond motifs is 1. The van der Waals surface area contributed by atoms with Crippen molar-refractivity contribution in [2.45, 2.75) is 13.1 Å². The highest BCUT2D eigenvalue weighted by Gasteiger charge is 2.20. The third kappa shape index (κ3) is 3.68. The lowest BCUT2D eigenvalue weighted by molar-refractivity contribution is 0.119. The first-order valence-electron chi connectivity index (χ1n) is 8.70. The lowest BCUT2D eigenvalue weighted by Gasteiger charge is -2.34. The lowest BCUT2D eigenvalue weighted by atomic mass is 10.2. The largest absolute Gasteiger partial charge is 0.481 e. The number of nitrogens with zero attached hydrogens (tertiary/aromatic N) is 4. The van der Waals surface area contributed by atoms with Crippen molar-refractivity contribution in [3.8, 4) is 5.88 Å². The topological polar surface area (TPSA) is 54.6 Å². The average molecular weight is 356 g/mol. The van der Waals surface area contributed by atoms with Crippen molar-refractivity contribution in [1.29, 1.82) is 0 Å². The second-order valence-electron chi connectivity index (χ2n) is 6.49. The van der Waals surface area contributed by atoms with Gasteiger partial charge < -0.3 is 9.26 Å². The van der Waals surface area contributed by atoms with E-state index in [0.717, 1.165) is 49.5 Å². The Morgan fingerprint density at radius 2 is 1.85 bits per heavy atom. The Kier molecular flexibility index (Phi) is 4.81. The van der Waals surface area contributed by atoms with Crippen molar-refractivity contribution >= 4 is 11.0 Å². The van der Waals surface area contributed by atoms with Gasteiger partial charge in [0.1, 0.15) is 11.5 Å². The highest BCUT2D eigenvalue weighted by molar-refractivity contribution is 5.79. The van der Waals surface area contributed by atoms with Gasteiger partial charge in [0.05, 0.1) is 12.8 Å². The summed E-state index contributed by atoms with van der Waals surface area (Å²) in [6.45, 7) is 5.34. The van der Waals surface area contributed by atoms with Gasteiger partial charge in [0.2, 0.25) is 5.88 Å². The first-order valence-corrected chi connectivity index (χ1v) is 8.70. The zero-order valence-electron chi connectivity index (χ0n) is 14.7. The van der Waals surface area contributed by atoms with Gasteiger partial charge in [-0.1, -0.05) is 11.2 Å². The highest BCUT2D eigenvalue weighted by Crippen LogP contribution is 2.21. The summed E-state index contributed by atoms with van der Waals surface area (Å²) in [5.41, 5.74) is 2.38. The summed E-state index contributed by atoms with van der Waals surface area (Å²) in [6, 6.07) is 10.4. The number of piperazine rings is 1. The third-order valence-corrected chi connectivity index (χ3v) is 4.72. The molecule has 1 fully saturated rings. The quantitative estimate of drug-likeness (QED) is 0.701. The number of aromatic nitrogens is 2. The standard InChI is InChI=1S/C19H21FN4O2/c1-25-19-4-2-3-15(21-19)12-23-7-9-24(10-8-23)13-17-16-6-5-14(20)11-18(16)26-22-17/h2-6,11H,7-10,12-13H2,1H3. The average Bonchev–Trinajstić information content (AvgIpc) is 3.05. The maximum absolute atomic E-state index is 13.3. The number of hydrogen-bond donors (Lipinski definition) is 0. The molecular formula is C19H21FN4O2. The van der Waals surface area contributed by atoms with Gasteiger partial charge in [-0.05, 0) is 18.2 Å². The molecule has 3 heterocycles. The van der Waals surface area contributed by atoms with Crippen LogP contribution in [-0.2, 0) is 13.1 Å². The molecule has 1 saturated heterocycles. The Bertz CT molecular complexity index is 890. The molecule has 0 spiro atoms. The number of hydrogen-bond acceptors (Lipinski definition) is 6. The van der Waals surface area contributed by atoms with Gasteiger partial charge in [0, 0.05) is 56.8 Å². The fraction of sp³-hybridized carbons (Fsp3) is 0.368. The maximum atomic E-state index is 13.3. The Balaban J connectivity index is 1.34. The van der Waals surface area contributed by atoms with E-state index in [1.54, 1.807) is 13.2 Å². The summed E-state index contributed by atoms with van der Waals surface area (Å²) >= 11 is 0. The minimum atomic E-state index is -0.306. The highest BCUT2D eigenvalue weighted by atomic mass is 19.1. The van der Waals surface area contributed by atoms with Gasteiger partial charge in [-0.2, -0.15) is 0 Å². The molecule has 1 aromatic carbocycles. The van der Waals surface area contributed by atoms with Crippen LogP contribution in [0.1, 0.15) is 11.4 Å². The van der Waals surface area contributed by atoms with Crippen LogP contribution in [0.3, 0.4) is 0 Å². The molecule has 1 aliphatic rings. The van der Waals surface area contributed by atoms with E-state index >= 15 is 0 Å². The van der Waals surface area contributed by atoms with E-state index in [0.29, 0.717) is 18.0 Å². The molecule has 0 radical (unpaired) electrons. The van der Waals surface area contributed by atoms with Gasteiger partial charge in [0.15, 0.2) is 5.58 Å². The second-order valence-corrected chi connectivity index (χ2v) is 6.49. The molecule has 7 heteroatoms. The number of rotatable bonds is 5. The van der Waals surface area contributed by atoms with Crippen LogP contribution in [0.2, 0.25) is 0 Å². The van der Waals surface area contributed by atoms with Crippen LogP contribution in [0.4, 0.5) is 4.39 Å². The summed E-state index contributed by atoms with van der Waals surface area (Å²) in [7, 11) is 1.63. The fourth-order valence-corrected chi connectivity index (χ4v) is 3.28. The third-order valence-electron chi connectivity index (χ3n) is 4.72. The molecule has 136 valence electrons. The van der Waals surface area contributed by atoms with Gasteiger partial charge in [-0.15, -0.1) is 0 Å². The van der Waals surface area contributed by atoms with Crippen LogP contribution in [0, 0.1) is 5.82 Å². The molecule has 1 aliphatic heterocycles. The fourth-order valence-electron chi connectivity index (χ4n) is 3.28. The Labute approximate surface area is 151 Å². The number of benzene rings is 1. The van der Waals surface area contributed by atoms with Crippen LogP contribution < -0.4 is 4.74 Å². The number of ether oxygens (including phenoxy) is 1. The molecule has 0 N–H and O–H groups in total. The van der Waals surface area contributed by atoms with Gasteiger partial charge in [-0.25, -0.2) is 9.37 Å². The Morgan fingerprint density at radius 1 is 1.08 bits per heavy atom. The van der Waals surface area contributed by atoms with E-state index < -0.39 is 0 Å². The van der Waals surface area contributed by atoms with Crippen LogP contribution in [-0.4, -0.2) is 53.2 Å². The summed E-state index contributed by atoms with van der Waals surface area (Å²) in [5, 5.41) is 5.00. The number of halogens is 1. The van der Waals surface area contributed by atoms with E-state index in [9.17, 15) is 4.39 Å². The van der Waals surface area contributed by atoms with E-state index in [2.05, 4.69) is 19.9 Å². The van der Waals surface area contributed by atoms with E-state index in [4.69, 9.17) is 9.26 Å². The minimum Gasteiger partial charge on any atom is -0.481 e. The van der Waals surface area contributed by atoms with Crippen molar-refractivity contribution in [1.82, 2.24) is 19.9 Å². The smallest absolute Gasteiger partial charge is 0.213 e. The minimum absolute atomic E-state index is 0.306. The molecule has 0 atom stereocenters. The molecule has 0 unspecified atom stereocenters. The number of methoxy groups -OCH3 is 1. The second kappa shape index (κ2) is 7.39. The number of pyridine rings is 1. The normalized spacial score (nSPS) is 16.2. The van der Waals surface area contributed by atoms with E-state index in [1.807, 2.05) is 18.2 Å². The van der Waals surface area contributed by atoms with Crippen molar-refractivity contribution in [2.75, 3.05) is 33.3 Å². The van der Waals surface area contributed by atoms with Gasteiger partial charge in [-0.3, -0.25) is 9.80 Å². The molecule has 0 amide bonds. The lowest BCUT2D eigenvalue weighted by Crippen LogP contribution is -2.45. The van der Waals surface area contributed by atoms with Crippen LogP contribution in [0.25, 0.3) is 11.0 Å². The summed E-state index contributed by atoms with van der Waals surface area (Å²) in [6.07, 6.45) is 0. The maximum Gasteiger partial charge on any atom is 0.213 e. The van der Waals surface area contributed by atoms with Crippen LogP contribution in [0.5, 0.6) is 5.88 Å². The molecular weight excluding hydrogens is 335 g/mol. The first-order chi connectivity index (χ1) is 12.7. The van der Waals surface area contributed by atoms with E-state index in [1.165, 1.54) is 12.1 Å².